The molecule has 2 fully saturated rings. The standard InChI is InChI=1S/C25H50O3Si/c1-23(2,3)29(7,8)28-22-12-10-17-25(6)20(13-14-21(22)25)19(15-18-26)11-9-16-24(4,5)27/h19-22,26-27H,9-18H2,1-8H3/t19-,20+,21?,22-,25+/m0/s1. The fourth-order valence-electron chi connectivity index (χ4n) is 6.14. The van der Waals surface area contributed by atoms with Gasteiger partial charge in [-0.1, -0.05) is 40.5 Å². The lowest BCUT2D eigenvalue weighted by Crippen LogP contribution is -2.50. The lowest BCUT2D eigenvalue weighted by molar-refractivity contribution is -0.0264. The van der Waals surface area contributed by atoms with Gasteiger partial charge in [0.15, 0.2) is 8.32 Å². The smallest absolute Gasteiger partial charge is 0.192 e. The average Bonchev–Trinajstić information content (AvgIpc) is 2.89. The minimum Gasteiger partial charge on any atom is -0.414 e. The molecule has 4 heteroatoms. The van der Waals surface area contributed by atoms with Crippen molar-refractivity contribution in [3.63, 3.8) is 0 Å². The van der Waals surface area contributed by atoms with E-state index in [0.717, 1.165) is 25.7 Å². The molecule has 0 bridgehead atoms. The average molecular weight is 427 g/mol. The predicted octanol–water partition coefficient (Wildman–Crippen LogP) is 6.53. The highest BCUT2D eigenvalue weighted by Crippen LogP contribution is 2.60. The van der Waals surface area contributed by atoms with Crippen LogP contribution in [0.5, 0.6) is 0 Å². The molecule has 2 saturated carbocycles. The fraction of sp³-hybridized carbons (Fsp3) is 1.00. The molecule has 1 unspecified atom stereocenters. The number of fused-ring (bicyclic) bond motifs is 1. The van der Waals surface area contributed by atoms with Crippen LogP contribution in [0.1, 0.15) is 99.3 Å². The summed E-state index contributed by atoms with van der Waals surface area (Å²) in [6.07, 6.45) is 10.7. The molecule has 0 amide bonds. The molecule has 3 nitrogen and oxygen atoms in total. The van der Waals surface area contributed by atoms with Crippen LogP contribution in [0.4, 0.5) is 0 Å². The molecule has 2 N–H and O–H groups in total. The summed E-state index contributed by atoms with van der Waals surface area (Å²) in [5.41, 5.74) is -0.237. The minimum atomic E-state index is -1.76. The summed E-state index contributed by atoms with van der Waals surface area (Å²) in [5, 5.41) is 20.1. The van der Waals surface area contributed by atoms with Crippen molar-refractivity contribution in [3.8, 4) is 0 Å². The van der Waals surface area contributed by atoms with Crippen molar-refractivity contribution in [2.75, 3.05) is 6.61 Å². The third-order valence-corrected chi connectivity index (χ3v) is 13.3. The van der Waals surface area contributed by atoms with Crippen LogP contribution < -0.4 is 0 Å². The van der Waals surface area contributed by atoms with Gasteiger partial charge in [-0.15, -0.1) is 0 Å². The van der Waals surface area contributed by atoms with Gasteiger partial charge in [-0.25, -0.2) is 0 Å². The first-order valence-corrected chi connectivity index (χ1v) is 15.1. The van der Waals surface area contributed by atoms with Crippen LogP contribution >= 0.6 is 0 Å². The first-order valence-electron chi connectivity index (χ1n) is 12.2. The van der Waals surface area contributed by atoms with Crippen molar-refractivity contribution in [2.24, 2.45) is 23.2 Å². The van der Waals surface area contributed by atoms with Crippen LogP contribution in [0, 0.1) is 23.2 Å². The van der Waals surface area contributed by atoms with Gasteiger partial charge >= 0.3 is 0 Å². The molecule has 29 heavy (non-hydrogen) atoms. The van der Waals surface area contributed by atoms with Gasteiger partial charge in [-0.2, -0.15) is 0 Å². The maximum absolute atomic E-state index is 10.1. The van der Waals surface area contributed by atoms with E-state index >= 15 is 0 Å². The van der Waals surface area contributed by atoms with E-state index in [1.165, 1.54) is 32.1 Å². The molecule has 2 aliphatic carbocycles. The molecule has 0 spiro atoms. The van der Waals surface area contributed by atoms with Crippen LogP contribution in [0.2, 0.25) is 18.1 Å². The van der Waals surface area contributed by atoms with Crippen molar-refractivity contribution in [3.05, 3.63) is 0 Å². The Bertz CT molecular complexity index is 519. The van der Waals surface area contributed by atoms with Crippen molar-refractivity contribution in [1.29, 1.82) is 0 Å². The van der Waals surface area contributed by atoms with E-state index in [4.69, 9.17) is 4.43 Å². The van der Waals surface area contributed by atoms with E-state index in [-0.39, 0.29) is 11.6 Å². The van der Waals surface area contributed by atoms with E-state index < -0.39 is 13.9 Å². The van der Waals surface area contributed by atoms with Crippen molar-refractivity contribution >= 4 is 8.32 Å². The third kappa shape index (κ3) is 6.08. The van der Waals surface area contributed by atoms with Crippen LogP contribution in [0.25, 0.3) is 0 Å². The summed E-state index contributed by atoms with van der Waals surface area (Å²) in [6.45, 7) is 18.5. The van der Waals surface area contributed by atoms with E-state index in [2.05, 4.69) is 40.8 Å². The number of aliphatic hydroxyl groups excluding tert-OH is 1. The maximum atomic E-state index is 10.1. The van der Waals surface area contributed by atoms with Crippen molar-refractivity contribution in [1.82, 2.24) is 0 Å². The Morgan fingerprint density at radius 3 is 2.28 bits per heavy atom. The van der Waals surface area contributed by atoms with Gasteiger partial charge in [0.1, 0.15) is 0 Å². The Kier molecular flexibility index (Phi) is 8.13. The highest BCUT2D eigenvalue weighted by Gasteiger charge is 2.54. The summed E-state index contributed by atoms with van der Waals surface area (Å²) in [5.74, 6) is 1.93. The maximum Gasteiger partial charge on any atom is 0.192 e. The summed E-state index contributed by atoms with van der Waals surface area (Å²) in [6, 6.07) is 0. The minimum absolute atomic E-state index is 0.259. The van der Waals surface area contributed by atoms with Gasteiger partial charge in [0.05, 0.1) is 5.60 Å². The monoisotopic (exact) mass is 426 g/mol. The lowest BCUT2D eigenvalue weighted by atomic mass is 9.60. The molecule has 0 saturated heterocycles. The normalized spacial score (nSPS) is 32.3. The molecule has 0 heterocycles. The van der Waals surface area contributed by atoms with Gasteiger partial charge in [-0.05, 0) is 100 Å². The zero-order valence-electron chi connectivity index (χ0n) is 20.7. The lowest BCUT2D eigenvalue weighted by Gasteiger charge is -2.50. The highest BCUT2D eigenvalue weighted by molar-refractivity contribution is 6.74. The number of hydrogen-bond acceptors (Lipinski definition) is 3. The molecule has 2 rings (SSSR count). The van der Waals surface area contributed by atoms with Crippen molar-refractivity contribution in [2.45, 2.75) is 129 Å². The summed E-state index contributed by atoms with van der Waals surface area (Å²) in [4.78, 5) is 0. The number of rotatable bonds is 9. The Balaban J connectivity index is 2.12. The van der Waals surface area contributed by atoms with Gasteiger partial charge in [0, 0.05) is 12.7 Å². The Morgan fingerprint density at radius 1 is 1.07 bits per heavy atom. The van der Waals surface area contributed by atoms with Crippen molar-refractivity contribution < 1.29 is 14.6 Å². The topological polar surface area (TPSA) is 49.7 Å². The van der Waals surface area contributed by atoms with Gasteiger partial charge < -0.3 is 14.6 Å². The van der Waals surface area contributed by atoms with Gasteiger partial charge in [0.2, 0.25) is 0 Å². The quantitative estimate of drug-likeness (QED) is 0.412. The second-order valence-corrected chi connectivity index (χ2v) is 17.3. The second-order valence-electron chi connectivity index (χ2n) is 12.6. The molecule has 0 aromatic carbocycles. The number of aliphatic hydroxyl groups is 2. The van der Waals surface area contributed by atoms with Crippen LogP contribution in [0.3, 0.4) is 0 Å². The highest BCUT2D eigenvalue weighted by atomic mass is 28.4. The zero-order valence-corrected chi connectivity index (χ0v) is 21.7. The Labute approximate surface area is 182 Å². The SMILES string of the molecule is CC(C)(O)CCC[C@@H](CCO)[C@H]1CCC2[C@@H](O[Si](C)(C)C(C)(C)C)CCC[C@@]21C. The molecule has 0 aliphatic heterocycles. The molecule has 0 aromatic heterocycles. The largest absolute Gasteiger partial charge is 0.414 e. The predicted molar refractivity (Wildman–Crippen MR) is 126 cm³/mol. The van der Waals surface area contributed by atoms with E-state index in [9.17, 15) is 10.2 Å². The van der Waals surface area contributed by atoms with E-state index in [0.29, 0.717) is 29.3 Å². The molecular weight excluding hydrogens is 376 g/mol. The molecule has 5 atom stereocenters. The molecule has 172 valence electrons. The van der Waals surface area contributed by atoms with Gasteiger partial charge in [-0.3, -0.25) is 0 Å². The first kappa shape index (κ1) is 25.4. The summed E-state index contributed by atoms with van der Waals surface area (Å²) in [7, 11) is -1.76. The van der Waals surface area contributed by atoms with Crippen LogP contribution in [0.15, 0.2) is 0 Å². The fourth-order valence-corrected chi connectivity index (χ4v) is 7.53. The molecular formula is C25H50O3Si. The number of hydrogen-bond donors (Lipinski definition) is 2. The molecule has 0 aromatic rings. The molecule has 2 aliphatic rings. The second kappa shape index (κ2) is 9.30. The summed E-state index contributed by atoms with van der Waals surface area (Å²) >= 11 is 0. The zero-order chi connectivity index (χ0) is 22.1. The summed E-state index contributed by atoms with van der Waals surface area (Å²) < 4.78 is 6.99. The Hall–Kier alpha value is 0.0969. The van der Waals surface area contributed by atoms with E-state index in [1.807, 2.05) is 13.8 Å². The Morgan fingerprint density at radius 2 is 1.72 bits per heavy atom. The van der Waals surface area contributed by atoms with E-state index in [1.54, 1.807) is 0 Å². The first-order chi connectivity index (χ1) is 13.2. The molecule has 0 radical (unpaired) electrons. The van der Waals surface area contributed by atoms with Gasteiger partial charge in [0.25, 0.3) is 0 Å². The van der Waals surface area contributed by atoms with Crippen LogP contribution in [-0.4, -0.2) is 36.8 Å². The van der Waals surface area contributed by atoms with Crippen LogP contribution in [-0.2, 0) is 4.43 Å². The third-order valence-electron chi connectivity index (χ3n) is 8.82.